The molecule has 0 bridgehead atoms. The molecule has 7 nitrogen and oxygen atoms in total. The minimum atomic E-state index is -3.86. The summed E-state index contributed by atoms with van der Waals surface area (Å²) in [5, 5.41) is 2.78. The van der Waals surface area contributed by atoms with Crippen molar-refractivity contribution >= 4 is 15.9 Å². The summed E-state index contributed by atoms with van der Waals surface area (Å²) in [6.45, 7) is 6.97. The number of hydrogen-bond donors (Lipinski definition) is 2. The van der Waals surface area contributed by atoms with Crippen LogP contribution in [-0.2, 0) is 14.8 Å². The van der Waals surface area contributed by atoms with E-state index in [1.165, 1.54) is 12.1 Å². The molecule has 0 unspecified atom stereocenters. The molecule has 8 heteroatoms. The Hall–Kier alpha value is -1.80. The summed E-state index contributed by atoms with van der Waals surface area (Å²) in [4.78, 5) is 12.4. The maximum absolute atomic E-state index is 12.7. The molecule has 2 rings (SSSR count). The lowest BCUT2D eigenvalue weighted by molar-refractivity contribution is -0.123. The summed E-state index contributed by atoms with van der Waals surface area (Å²) in [5.41, 5.74) is 0. The van der Waals surface area contributed by atoms with Crippen LogP contribution < -0.4 is 19.5 Å². The summed E-state index contributed by atoms with van der Waals surface area (Å²) in [5.74, 6) is 0.406. The van der Waals surface area contributed by atoms with Gasteiger partial charge >= 0.3 is 0 Å². The molecule has 0 fully saturated rings. The minimum absolute atomic E-state index is 0.0451. The van der Waals surface area contributed by atoms with E-state index in [0.717, 1.165) is 12.8 Å². The SMILES string of the molecule is CCCCNC(=O)[C@H](NS(=O)(=O)c1ccc2c(c1)OCCO2)C(C)C. The van der Waals surface area contributed by atoms with Crippen LogP contribution in [0.25, 0.3) is 0 Å². The maximum atomic E-state index is 12.7. The summed E-state index contributed by atoms with van der Waals surface area (Å²) >= 11 is 0. The number of amides is 1. The van der Waals surface area contributed by atoms with Crippen LogP contribution in [0, 0.1) is 5.92 Å². The largest absolute Gasteiger partial charge is 0.486 e. The van der Waals surface area contributed by atoms with E-state index in [1.54, 1.807) is 19.9 Å². The normalized spacial score (nSPS) is 15.0. The maximum Gasteiger partial charge on any atom is 0.241 e. The first-order valence-electron chi connectivity index (χ1n) is 8.55. The molecule has 1 aliphatic heterocycles. The van der Waals surface area contributed by atoms with Crippen LogP contribution in [-0.4, -0.2) is 40.1 Å². The van der Waals surface area contributed by atoms with E-state index in [0.29, 0.717) is 31.3 Å². The van der Waals surface area contributed by atoms with Gasteiger partial charge in [-0.3, -0.25) is 4.79 Å². The Balaban J connectivity index is 2.15. The second-order valence-corrected chi connectivity index (χ2v) is 8.01. The smallest absolute Gasteiger partial charge is 0.241 e. The first kappa shape index (κ1) is 19.5. The number of unbranched alkanes of at least 4 members (excludes halogenated alkanes) is 1. The monoisotopic (exact) mass is 370 g/mol. The molecule has 0 spiro atoms. The number of hydrogen-bond acceptors (Lipinski definition) is 5. The van der Waals surface area contributed by atoms with Gasteiger partial charge in [-0.2, -0.15) is 4.72 Å². The topological polar surface area (TPSA) is 93.7 Å². The summed E-state index contributed by atoms with van der Waals surface area (Å²) < 4.78 is 38.7. The third kappa shape index (κ3) is 5.09. The Kier molecular flexibility index (Phi) is 6.66. The predicted octanol–water partition coefficient (Wildman–Crippen LogP) is 1.68. The highest BCUT2D eigenvalue weighted by Gasteiger charge is 2.29. The van der Waals surface area contributed by atoms with E-state index in [9.17, 15) is 13.2 Å². The van der Waals surface area contributed by atoms with Crippen molar-refractivity contribution < 1.29 is 22.7 Å². The van der Waals surface area contributed by atoms with Gasteiger partial charge in [0.15, 0.2) is 11.5 Å². The fourth-order valence-corrected chi connectivity index (χ4v) is 3.78. The quantitative estimate of drug-likeness (QED) is 0.679. The Morgan fingerprint density at radius 1 is 1.20 bits per heavy atom. The Morgan fingerprint density at radius 2 is 1.88 bits per heavy atom. The molecule has 25 heavy (non-hydrogen) atoms. The minimum Gasteiger partial charge on any atom is -0.486 e. The molecule has 140 valence electrons. The Morgan fingerprint density at radius 3 is 2.52 bits per heavy atom. The molecule has 1 amide bonds. The van der Waals surface area contributed by atoms with Crippen LogP contribution in [0.1, 0.15) is 33.6 Å². The number of nitrogens with one attached hydrogen (secondary N) is 2. The number of ether oxygens (including phenoxy) is 2. The third-order valence-electron chi connectivity index (χ3n) is 3.88. The zero-order valence-corrected chi connectivity index (χ0v) is 15.7. The Labute approximate surface area is 149 Å². The van der Waals surface area contributed by atoms with Crippen LogP contribution in [0.5, 0.6) is 11.5 Å². The van der Waals surface area contributed by atoms with E-state index in [-0.39, 0.29) is 16.7 Å². The lowest BCUT2D eigenvalue weighted by atomic mass is 10.1. The molecule has 0 saturated carbocycles. The van der Waals surface area contributed by atoms with E-state index in [2.05, 4.69) is 10.0 Å². The summed E-state index contributed by atoms with van der Waals surface area (Å²) in [7, 11) is -3.86. The number of carbonyl (C=O) groups excluding carboxylic acids is 1. The summed E-state index contributed by atoms with van der Waals surface area (Å²) in [6.07, 6.45) is 1.81. The molecule has 1 aromatic rings. The molecule has 2 N–H and O–H groups in total. The van der Waals surface area contributed by atoms with Gasteiger partial charge in [0.2, 0.25) is 15.9 Å². The molecule has 1 heterocycles. The van der Waals surface area contributed by atoms with Gasteiger partial charge in [0, 0.05) is 12.6 Å². The van der Waals surface area contributed by atoms with E-state index in [4.69, 9.17) is 9.47 Å². The number of fused-ring (bicyclic) bond motifs is 1. The summed E-state index contributed by atoms with van der Waals surface area (Å²) in [6, 6.07) is 3.59. The molecule has 0 aromatic heterocycles. The fraction of sp³-hybridized carbons (Fsp3) is 0.588. The van der Waals surface area contributed by atoms with Crippen LogP contribution in [0.4, 0.5) is 0 Å². The molecular formula is C17H26N2O5S. The van der Waals surface area contributed by atoms with Crippen molar-refractivity contribution in [3.05, 3.63) is 18.2 Å². The zero-order valence-electron chi connectivity index (χ0n) is 14.9. The Bertz CT molecular complexity index is 703. The fourth-order valence-electron chi connectivity index (χ4n) is 2.42. The first-order chi connectivity index (χ1) is 11.8. The van der Waals surface area contributed by atoms with E-state index < -0.39 is 16.1 Å². The molecule has 1 aliphatic rings. The van der Waals surface area contributed by atoms with Crippen molar-refractivity contribution in [2.24, 2.45) is 5.92 Å². The average molecular weight is 370 g/mol. The average Bonchev–Trinajstić information content (AvgIpc) is 2.59. The highest BCUT2D eigenvalue weighted by atomic mass is 32.2. The second kappa shape index (κ2) is 8.53. The van der Waals surface area contributed by atoms with Crippen LogP contribution in [0.3, 0.4) is 0 Å². The molecule has 1 aromatic carbocycles. The lowest BCUT2D eigenvalue weighted by Crippen LogP contribution is -2.49. The molecule has 0 radical (unpaired) electrons. The van der Waals surface area contributed by atoms with Gasteiger partial charge in [0.05, 0.1) is 4.90 Å². The van der Waals surface area contributed by atoms with E-state index in [1.807, 2.05) is 6.92 Å². The van der Waals surface area contributed by atoms with Crippen molar-refractivity contribution in [1.29, 1.82) is 0 Å². The van der Waals surface area contributed by atoms with Crippen molar-refractivity contribution in [1.82, 2.24) is 10.0 Å². The van der Waals surface area contributed by atoms with Crippen LogP contribution in [0.15, 0.2) is 23.1 Å². The number of rotatable bonds is 8. The standard InChI is InChI=1S/C17H26N2O5S/c1-4-5-8-18-17(20)16(12(2)3)19-25(21,22)13-6-7-14-15(11-13)24-10-9-23-14/h6-7,11-12,16,19H,4-5,8-10H2,1-3H3,(H,18,20)/t16-/m1/s1. The van der Waals surface area contributed by atoms with Gasteiger partial charge in [0.1, 0.15) is 19.3 Å². The van der Waals surface area contributed by atoms with Crippen LogP contribution >= 0.6 is 0 Å². The molecular weight excluding hydrogens is 344 g/mol. The van der Waals surface area contributed by atoms with Crippen LogP contribution in [0.2, 0.25) is 0 Å². The van der Waals surface area contributed by atoms with Gasteiger partial charge < -0.3 is 14.8 Å². The van der Waals surface area contributed by atoms with Gasteiger partial charge in [-0.15, -0.1) is 0 Å². The number of benzene rings is 1. The number of carbonyl (C=O) groups is 1. The third-order valence-corrected chi connectivity index (χ3v) is 5.32. The van der Waals surface area contributed by atoms with Gasteiger partial charge in [-0.25, -0.2) is 8.42 Å². The van der Waals surface area contributed by atoms with Gasteiger partial charge in [-0.05, 0) is 24.5 Å². The van der Waals surface area contributed by atoms with Crippen molar-refractivity contribution in [2.75, 3.05) is 19.8 Å². The molecule has 1 atom stereocenters. The highest BCUT2D eigenvalue weighted by molar-refractivity contribution is 7.89. The lowest BCUT2D eigenvalue weighted by Gasteiger charge is -2.23. The van der Waals surface area contributed by atoms with Crippen molar-refractivity contribution in [3.8, 4) is 11.5 Å². The van der Waals surface area contributed by atoms with Gasteiger partial charge in [-0.1, -0.05) is 27.2 Å². The van der Waals surface area contributed by atoms with Gasteiger partial charge in [0.25, 0.3) is 0 Å². The highest BCUT2D eigenvalue weighted by Crippen LogP contribution is 2.32. The molecule has 0 aliphatic carbocycles. The number of sulfonamides is 1. The first-order valence-corrected chi connectivity index (χ1v) is 10.0. The van der Waals surface area contributed by atoms with Crippen molar-refractivity contribution in [2.45, 2.75) is 44.6 Å². The van der Waals surface area contributed by atoms with Crippen molar-refractivity contribution in [3.63, 3.8) is 0 Å². The van der Waals surface area contributed by atoms with E-state index >= 15 is 0 Å². The molecule has 0 saturated heterocycles. The zero-order chi connectivity index (χ0) is 18.4. The predicted molar refractivity (Wildman–Crippen MR) is 94.3 cm³/mol. The second-order valence-electron chi connectivity index (χ2n) is 6.29.